The summed E-state index contributed by atoms with van der Waals surface area (Å²) in [5.41, 5.74) is 3.35. The first-order valence-electron chi connectivity index (χ1n) is 8.53. The summed E-state index contributed by atoms with van der Waals surface area (Å²) in [5, 5.41) is 0. The molecular formula is C22H18Br2O3. The van der Waals surface area contributed by atoms with Crippen molar-refractivity contribution in [2.24, 2.45) is 0 Å². The molecule has 3 rings (SSSR count). The number of aryl methyl sites for hydroxylation is 1. The second-order valence-electron chi connectivity index (χ2n) is 5.89. The van der Waals surface area contributed by atoms with Crippen molar-refractivity contribution >= 4 is 37.8 Å². The maximum atomic E-state index is 12.1. The SMILES string of the molecule is CCc1ccc(OC(=O)COc2ccc(-c3ccccc3)cc2Br)c(Br)c1. The highest BCUT2D eigenvalue weighted by Gasteiger charge is 2.11. The van der Waals surface area contributed by atoms with Gasteiger partial charge in [0.05, 0.1) is 8.95 Å². The van der Waals surface area contributed by atoms with Crippen molar-refractivity contribution in [2.75, 3.05) is 6.61 Å². The second-order valence-corrected chi connectivity index (χ2v) is 7.60. The maximum absolute atomic E-state index is 12.1. The van der Waals surface area contributed by atoms with Crippen molar-refractivity contribution in [3.8, 4) is 22.6 Å². The summed E-state index contributed by atoms with van der Waals surface area (Å²) in [5.74, 6) is 0.616. The fourth-order valence-corrected chi connectivity index (χ4v) is 3.56. The van der Waals surface area contributed by atoms with E-state index in [1.165, 1.54) is 5.56 Å². The van der Waals surface area contributed by atoms with Gasteiger partial charge in [-0.1, -0.05) is 49.4 Å². The average Bonchev–Trinajstić information content (AvgIpc) is 2.69. The van der Waals surface area contributed by atoms with E-state index in [1.54, 1.807) is 6.07 Å². The molecule has 0 aliphatic rings. The Bertz CT molecular complexity index is 940. The number of benzene rings is 3. The number of ether oxygens (including phenoxy) is 2. The molecule has 0 N–H and O–H groups in total. The second kappa shape index (κ2) is 9.20. The van der Waals surface area contributed by atoms with Gasteiger partial charge >= 0.3 is 5.97 Å². The van der Waals surface area contributed by atoms with Crippen molar-refractivity contribution in [3.63, 3.8) is 0 Å². The highest BCUT2D eigenvalue weighted by Crippen LogP contribution is 2.31. The highest BCUT2D eigenvalue weighted by atomic mass is 79.9. The van der Waals surface area contributed by atoms with E-state index in [-0.39, 0.29) is 6.61 Å². The molecule has 0 aromatic heterocycles. The topological polar surface area (TPSA) is 35.5 Å². The largest absolute Gasteiger partial charge is 0.481 e. The Labute approximate surface area is 175 Å². The fraction of sp³-hybridized carbons (Fsp3) is 0.136. The first-order chi connectivity index (χ1) is 13.1. The minimum Gasteiger partial charge on any atom is -0.481 e. The summed E-state index contributed by atoms with van der Waals surface area (Å²) in [4.78, 5) is 12.1. The van der Waals surface area contributed by atoms with Crippen LogP contribution in [0.1, 0.15) is 12.5 Å². The quantitative estimate of drug-likeness (QED) is 0.296. The number of carbonyl (C=O) groups excluding carboxylic acids is 1. The minimum atomic E-state index is -0.459. The molecule has 0 aliphatic carbocycles. The summed E-state index contributed by atoms with van der Waals surface area (Å²) < 4.78 is 12.5. The van der Waals surface area contributed by atoms with E-state index in [1.807, 2.05) is 60.7 Å². The molecule has 0 amide bonds. The molecule has 0 unspecified atom stereocenters. The number of hydrogen-bond donors (Lipinski definition) is 0. The zero-order chi connectivity index (χ0) is 19.2. The van der Waals surface area contributed by atoms with Gasteiger partial charge in [0.2, 0.25) is 0 Å². The lowest BCUT2D eigenvalue weighted by Crippen LogP contribution is -2.18. The summed E-state index contributed by atoms with van der Waals surface area (Å²) in [6.07, 6.45) is 0.920. The Morgan fingerprint density at radius 3 is 2.22 bits per heavy atom. The normalized spacial score (nSPS) is 10.5. The average molecular weight is 490 g/mol. The molecule has 5 heteroatoms. The first-order valence-corrected chi connectivity index (χ1v) is 10.1. The molecule has 3 aromatic rings. The predicted octanol–water partition coefficient (Wildman–Crippen LogP) is 6.43. The molecule has 0 heterocycles. The van der Waals surface area contributed by atoms with Crippen LogP contribution in [-0.2, 0) is 11.2 Å². The van der Waals surface area contributed by atoms with Crippen molar-refractivity contribution in [1.29, 1.82) is 0 Å². The third-order valence-corrected chi connectivity index (χ3v) is 5.25. The maximum Gasteiger partial charge on any atom is 0.349 e. The van der Waals surface area contributed by atoms with E-state index < -0.39 is 5.97 Å². The summed E-state index contributed by atoms with van der Waals surface area (Å²) in [7, 11) is 0. The van der Waals surface area contributed by atoms with Gasteiger partial charge < -0.3 is 9.47 Å². The van der Waals surface area contributed by atoms with Gasteiger partial charge in [-0.05, 0) is 79.2 Å². The van der Waals surface area contributed by atoms with Crippen LogP contribution in [0.2, 0.25) is 0 Å². The van der Waals surface area contributed by atoms with E-state index in [2.05, 4.69) is 38.8 Å². The molecule has 0 bridgehead atoms. The molecule has 0 saturated carbocycles. The molecule has 27 heavy (non-hydrogen) atoms. The third kappa shape index (κ3) is 5.21. The Balaban J connectivity index is 1.62. The highest BCUT2D eigenvalue weighted by molar-refractivity contribution is 9.10. The van der Waals surface area contributed by atoms with Crippen LogP contribution in [0.4, 0.5) is 0 Å². The Hall–Kier alpha value is -2.11. The van der Waals surface area contributed by atoms with Crippen LogP contribution in [0.5, 0.6) is 11.5 Å². The number of hydrogen-bond acceptors (Lipinski definition) is 3. The van der Waals surface area contributed by atoms with Crippen LogP contribution in [0.3, 0.4) is 0 Å². The predicted molar refractivity (Wildman–Crippen MR) is 114 cm³/mol. The lowest BCUT2D eigenvalue weighted by molar-refractivity contribution is -0.136. The van der Waals surface area contributed by atoms with Crippen LogP contribution in [0.25, 0.3) is 11.1 Å². The lowest BCUT2D eigenvalue weighted by atomic mass is 10.1. The molecule has 0 fully saturated rings. The van der Waals surface area contributed by atoms with Crippen molar-refractivity contribution in [1.82, 2.24) is 0 Å². The molecule has 138 valence electrons. The monoisotopic (exact) mass is 488 g/mol. The van der Waals surface area contributed by atoms with E-state index in [4.69, 9.17) is 9.47 Å². The number of carbonyl (C=O) groups is 1. The molecule has 0 saturated heterocycles. The van der Waals surface area contributed by atoms with Crippen LogP contribution in [0, 0.1) is 0 Å². The van der Waals surface area contributed by atoms with Gasteiger partial charge in [0.15, 0.2) is 6.61 Å². The zero-order valence-corrected chi connectivity index (χ0v) is 17.9. The van der Waals surface area contributed by atoms with E-state index in [9.17, 15) is 4.79 Å². The van der Waals surface area contributed by atoms with Crippen LogP contribution in [-0.4, -0.2) is 12.6 Å². The lowest BCUT2D eigenvalue weighted by Gasteiger charge is -2.11. The van der Waals surface area contributed by atoms with Gasteiger partial charge in [0.1, 0.15) is 11.5 Å². The van der Waals surface area contributed by atoms with Gasteiger partial charge in [-0.2, -0.15) is 0 Å². The summed E-state index contributed by atoms with van der Waals surface area (Å²) >= 11 is 6.93. The third-order valence-electron chi connectivity index (χ3n) is 4.01. The Morgan fingerprint density at radius 2 is 1.56 bits per heavy atom. The standard InChI is InChI=1S/C22H18Br2O3/c1-2-15-8-10-21(18(23)12-15)27-22(25)14-26-20-11-9-17(13-19(20)24)16-6-4-3-5-7-16/h3-13H,2,14H2,1H3. The van der Waals surface area contributed by atoms with Crippen LogP contribution < -0.4 is 9.47 Å². The van der Waals surface area contributed by atoms with E-state index in [0.717, 1.165) is 26.5 Å². The fourth-order valence-electron chi connectivity index (χ4n) is 2.56. The van der Waals surface area contributed by atoms with E-state index >= 15 is 0 Å². The van der Waals surface area contributed by atoms with Crippen molar-refractivity contribution in [3.05, 3.63) is 81.2 Å². The van der Waals surface area contributed by atoms with Crippen LogP contribution in [0.15, 0.2) is 75.7 Å². The van der Waals surface area contributed by atoms with Gasteiger partial charge in [-0.15, -0.1) is 0 Å². The molecular weight excluding hydrogens is 472 g/mol. The molecule has 0 atom stereocenters. The van der Waals surface area contributed by atoms with Gasteiger partial charge in [0.25, 0.3) is 0 Å². The minimum absolute atomic E-state index is 0.175. The zero-order valence-electron chi connectivity index (χ0n) is 14.7. The van der Waals surface area contributed by atoms with Crippen molar-refractivity contribution in [2.45, 2.75) is 13.3 Å². The smallest absolute Gasteiger partial charge is 0.349 e. The Morgan fingerprint density at radius 1 is 0.852 bits per heavy atom. The summed E-state index contributed by atoms with van der Waals surface area (Å²) in [6, 6.07) is 21.5. The van der Waals surface area contributed by atoms with Gasteiger partial charge in [0, 0.05) is 0 Å². The van der Waals surface area contributed by atoms with E-state index in [0.29, 0.717) is 11.5 Å². The van der Waals surface area contributed by atoms with Gasteiger partial charge in [-0.3, -0.25) is 0 Å². The molecule has 3 nitrogen and oxygen atoms in total. The number of halogens is 2. The first kappa shape index (κ1) is 19.6. The summed E-state index contributed by atoms with van der Waals surface area (Å²) in [6.45, 7) is 1.90. The van der Waals surface area contributed by atoms with Crippen LogP contribution >= 0.6 is 31.9 Å². The Kier molecular flexibility index (Phi) is 6.69. The van der Waals surface area contributed by atoms with Crippen molar-refractivity contribution < 1.29 is 14.3 Å². The molecule has 0 aliphatic heterocycles. The molecule has 0 spiro atoms. The molecule has 3 aromatic carbocycles. The molecule has 0 radical (unpaired) electrons. The number of rotatable bonds is 6. The number of esters is 1. The van der Waals surface area contributed by atoms with Gasteiger partial charge in [-0.25, -0.2) is 4.79 Å².